The molecule has 2 rings (SSSR count). The summed E-state index contributed by atoms with van der Waals surface area (Å²) in [5.41, 5.74) is 0.0936. The first-order valence-electron chi connectivity index (χ1n) is 6.96. The lowest BCUT2D eigenvalue weighted by Gasteiger charge is -2.35. The van der Waals surface area contributed by atoms with Gasteiger partial charge >= 0.3 is 6.18 Å². The van der Waals surface area contributed by atoms with Gasteiger partial charge in [0.15, 0.2) is 0 Å². The summed E-state index contributed by atoms with van der Waals surface area (Å²) in [5, 5.41) is 3.59. The third-order valence-electron chi connectivity index (χ3n) is 4.43. The highest BCUT2D eigenvalue weighted by atomic mass is 19.4. The zero-order valence-electron chi connectivity index (χ0n) is 11.0. The molecule has 0 bridgehead atoms. The maximum Gasteiger partial charge on any atom is 0.390 e. The quantitative estimate of drug-likeness (QED) is 0.825. The first-order valence-corrected chi connectivity index (χ1v) is 6.96. The predicted octanol–water partition coefficient (Wildman–Crippen LogP) is 2.94. The lowest BCUT2D eigenvalue weighted by atomic mass is 9.97. The molecule has 1 aliphatic heterocycles. The zero-order valence-corrected chi connectivity index (χ0v) is 11.0. The van der Waals surface area contributed by atoms with Crippen molar-refractivity contribution in [3.8, 4) is 0 Å². The third-order valence-corrected chi connectivity index (χ3v) is 4.43. The van der Waals surface area contributed by atoms with Gasteiger partial charge in [0.2, 0.25) is 0 Å². The Bertz CT molecular complexity index is 272. The molecule has 1 saturated carbocycles. The van der Waals surface area contributed by atoms with Gasteiger partial charge in [-0.2, -0.15) is 13.2 Å². The largest absolute Gasteiger partial charge is 0.390 e. The SMILES string of the molecule is CC1CCNC2(CCCC2)CN1CCC(F)(F)F. The van der Waals surface area contributed by atoms with Crippen LogP contribution in [0.4, 0.5) is 13.2 Å². The van der Waals surface area contributed by atoms with Crippen LogP contribution in [0.3, 0.4) is 0 Å². The fraction of sp³-hybridized carbons (Fsp3) is 1.00. The zero-order chi connectivity index (χ0) is 13.2. The molecule has 1 spiro atoms. The molecule has 0 aromatic carbocycles. The first-order chi connectivity index (χ1) is 8.40. The van der Waals surface area contributed by atoms with Crippen LogP contribution in [0.25, 0.3) is 0 Å². The Balaban J connectivity index is 1.97. The predicted molar refractivity (Wildman–Crippen MR) is 65.5 cm³/mol. The van der Waals surface area contributed by atoms with Crippen molar-refractivity contribution in [3.63, 3.8) is 0 Å². The summed E-state index contributed by atoms with van der Waals surface area (Å²) in [5.74, 6) is 0. The van der Waals surface area contributed by atoms with E-state index in [1.807, 2.05) is 11.8 Å². The van der Waals surface area contributed by atoms with Gasteiger partial charge in [-0.25, -0.2) is 0 Å². The van der Waals surface area contributed by atoms with E-state index in [4.69, 9.17) is 0 Å². The van der Waals surface area contributed by atoms with E-state index in [-0.39, 0.29) is 18.1 Å². The molecule has 1 unspecified atom stereocenters. The van der Waals surface area contributed by atoms with Gasteiger partial charge in [0.1, 0.15) is 0 Å². The average molecular weight is 264 g/mol. The molecule has 2 nitrogen and oxygen atoms in total. The lowest BCUT2D eigenvalue weighted by molar-refractivity contribution is -0.139. The third kappa shape index (κ3) is 3.60. The number of rotatable bonds is 2. The van der Waals surface area contributed by atoms with Gasteiger partial charge in [-0.15, -0.1) is 0 Å². The van der Waals surface area contributed by atoms with Crippen LogP contribution in [-0.4, -0.2) is 42.3 Å². The Morgan fingerprint density at radius 1 is 1.28 bits per heavy atom. The maximum atomic E-state index is 12.4. The smallest absolute Gasteiger partial charge is 0.310 e. The second kappa shape index (κ2) is 5.37. The van der Waals surface area contributed by atoms with Crippen LogP contribution in [-0.2, 0) is 0 Å². The van der Waals surface area contributed by atoms with Crippen molar-refractivity contribution in [2.75, 3.05) is 19.6 Å². The van der Waals surface area contributed by atoms with Crippen molar-refractivity contribution in [2.24, 2.45) is 0 Å². The number of hydrogen-bond acceptors (Lipinski definition) is 2. The standard InChI is InChI=1S/C13H23F3N2/c1-11-4-8-17-12(5-2-3-6-12)10-18(11)9-7-13(14,15)16/h11,17H,2-10H2,1H3. The summed E-state index contributed by atoms with van der Waals surface area (Å²) in [7, 11) is 0. The summed E-state index contributed by atoms with van der Waals surface area (Å²) in [6, 6.07) is 0.250. The Morgan fingerprint density at radius 2 is 1.94 bits per heavy atom. The number of nitrogens with one attached hydrogen (secondary N) is 1. The molecule has 5 heteroatoms. The van der Waals surface area contributed by atoms with E-state index >= 15 is 0 Å². The Labute approximate surface area is 107 Å². The van der Waals surface area contributed by atoms with Gasteiger partial charge in [-0.1, -0.05) is 12.8 Å². The second-order valence-electron chi connectivity index (χ2n) is 5.89. The molecule has 0 aromatic rings. The maximum absolute atomic E-state index is 12.4. The topological polar surface area (TPSA) is 15.3 Å². The van der Waals surface area contributed by atoms with Gasteiger partial charge in [0.05, 0.1) is 6.42 Å². The summed E-state index contributed by atoms with van der Waals surface area (Å²) < 4.78 is 37.1. The summed E-state index contributed by atoms with van der Waals surface area (Å²) >= 11 is 0. The van der Waals surface area contributed by atoms with Crippen molar-refractivity contribution in [3.05, 3.63) is 0 Å². The van der Waals surface area contributed by atoms with Crippen molar-refractivity contribution in [1.29, 1.82) is 0 Å². The van der Waals surface area contributed by atoms with Crippen LogP contribution >= 0.6 is 0 Å². The molecule has 1 heterocycles. The van der Waals surface area contributed by atoms with E-state index < -0.39 is 12.6 Å². The monoisotopic (exact) mass is 264 g/mol. The molecule has 0 radical (unpaired) electrons. The lowest BCUT2D eigenvalue weighted by Crippen LogP contribution is -2.50. The van der Waals surface area contributed by atoms with Crippen LogP contribution in [0.15, 0.2) is 0 Å². The first kappa shape index (κ1) is 14.1. The Kier molecular flexibility index (Phi) is 4.22. The normalized spacial score (nSPS) is 29.7. The highest BCUT2D eigenvalue weighted by Crippen LogP contribution is 2.33. The molecule has 1 saturated heterocycles. The number of halogens is 3. The molecule has 0 amide bonds. The van der Waals surface area contributed by atoms with Gasteiger partial charge in [-0.05, 0) is 32.7 Å². The summed E-state index contributed by atoms with van der Waals surface area (Å²) in [6.45, 7) is 3.91. The van der Waals surface area contributed by atoms with Crippen LogP contribution in [0.5, 0.6) is 0 Å². The number of nitrogens with zero attached hydrogens (tertiary/aromatic N) is 1. The molecule has 1 N–H and O–H groups in total. The second-order valence-corrected chi connectivity index (χ2v) is 5.89. The molecule has 1 atom stereocenters. The van der Waals surface area contributed by atoms with Gasteiger partial charge in [0.25, 0.3) is 0 Å². The van der Waals surface area contributed by atoms with E-state index in [1.54, 1.807) is 0 Å². The summed E-state index contributed by atoms with van der Waals surface area (Å²) in [4.78, 5) is 2.04. The van der Waals surface area contributed by atoms with Crippen molar-refractivity contribution < 1.29 is 13.2 Å². The van der Waals surface area contributed by atoms with Gasteiger partial charge in [0, 0.05) is 24.7 Å². The summed E-state index contributed by atoms with van der Waals surface area (Å²) in [6.07, 6.45) is 0.850. The minimum Gasteiger partial charge on any atom is -0.310 e. The van der Waals surface area contributed by atoms with Crippen LogP contribution < -0.4 is 5.32 Å². The van der Waals surface area contributed by atoms with E-state index in [0.29, 0.717) is 0 Å². The molecule has 1 aliphatic carbocycles. The Morgan fingerprint density at radius 3 is 2.56 bits per heavy atom. The van der Waals surface area contributed by atoms with Crippen LogP contribution in [0.1, 0.15) is 45.4 Å². The number of alkyl halides is 3. The van der Waals surface area contributed by atoms with E-state index in [2.05, 4.69) is 5.32 Å². The van der Waals surface area contributed by atoms with E-state index in [0.717, 1.165) is 32.4 Å². The van der Waals surface area contributed by atoms with E-state index in [9.17, 15) is 13.2 Å². The number of hydrogen-bond donors (Lipinski definition) is 1. The molecular weight excluding hydrogens is 241 g/mol. The average Bonchev–Trinajstić information content (AvgIpc) is 2.65. The minimum absolute atomic E-state index is 0.0936. The van der Waals surface area contributed by atoms with E-state index in [1.165, 1.54) is 12.8 Å². The fourth-order valence-corrected chi connectivity index (χ4v) is 3.29. The molecule has 0 aromatic heterocycles. The minimum atomic E-state index is -4.04. The van der Waals surface area contributed by atoms with Gasteiger partial charge in [-0.3, -0.25) is 4.90 Å². The molecule has 18 heavy (non-hydrogen) atoms. The van der Waals surface area contributed by atoms with Crippen molar-refractivity contribution in [2.45, 2.75) is 63.2 Å². The van der Waals surface area contributed by atoms with Crippen LogP contribution in [0, 0.1) is 0 Å². The van der Waals surface area contributed by atoms with Crippen LogP contribution in [0.2, 0.25) is 0 Å². The fourth-order valence-electron chi connectivity index (χ4n) is 3.29. The highest BCUT2D eigenvalue weighted by Gasteiger charge is 2.39. The molecule has 2 aliphatic rings. The molecular formula is C13H23F3N2. The van der Waals surface area contributed by atoms with Gasteiger partial charge < -0.3 is 5.32 Å². The van der Waals surface area contributed by atoms with Crippen molar-refractivity contribution >= 4 is 0 Å². The Hall–Kier alpha value is -0.290. The van der Waals surface area contributed by atoms with Crippen molar-refractivity contribution in [1.82, 2.24) is 10.2 Å². The highest BCUT2D eigenvalue weighted by molar-refractivity contribution is 4.98. The molecule has 2 fully saturated rings. The molecule has 106 valence electrons.